The minimum Gasteiger partial charge on any atom is -0.497 e. The molecule has 28 heavy (non-hydrogen) atoms. The molecule has 0 spiro atoms. The van der Waals surface area contributed by atoms with Crippen LogP contribution in [0.4, 0.5) is 20.2 Å². The maximum atomic E-state index is 13.2. The molecule has 6 nitrogen and oxygen atoms in total. The molecule has 8 heteroatoms. The van der Waals surface area contributed by atoms with E-state index in [0.717, 1.165) is 12.1 Å². The number of carbonyl (C=O) groups is 2. The number of halogens is 2. The first-order valence-corrected chi connectivity index (χ1v) is 8.82. The number of likely N-dealkylation sites (N-methyl/N-ethyl adjacent to an activating group) is 1. The molecule has 0 radical (unpaired) electrons. The lowest BCUT2D eigenvalue weighted by Gasteiger charge is -2.19. The topological polar surface area (TPSA) is 70.7 Å². The van der Waals surface area contributed by atoms with Crippen molar-refractivity contribution in [2.24, 2.45) is 0 Å². The number of hydrogen-bond acceptors (Lipinski definition) is 4. The van der Waals surface area contributed by atoms with Gasteiger partial charge in [-0.15, -0.1) is 0 Å². The first-order chi connectivity index (χ1) is 13.4. The highest BCUT2D eigenvalue weighted by Crippen LogP contribution is 2.15. The van der Waals surface area contributed by atoms with Gasteiger partial charge < -0.3 is 15.4 Å². The number of hydrogen-bond donors (Lipinski definition) is 2. The van der Waals surface area contributed by atoms with E-state index in [1.165, 1.54) is 6.07 Å². The summed E-state index contributed by atoms with van der Waals surface area (Å²) in [6.45, 7) is 2.94. The third-order valence-corrected chi connectivity index (χ3v) is 4.05. The molecule has 2 amide bonds. The Morgan fingerprint density at radius 3 is 2.21 bits per heavy atom. The van der Waals surface area contributed by atoms with Crippen LogP contribution in [-0.2, 0) is 9.59 Å². The molecule has 0 aliphatic rings. The Bertz CT molecular complexity index is 813. The Kier molecular flexibility index (Phi) is 7.88. The summed E-state index contributed by atoms with van der Waals surface area (Å²) in [4.78, 5) is 26.0. The summed E-state index contributed by atoms with van der Waals surface area (Å²) in [5, 5.41) is 5.29. The van der Waals surface area contributed by atoms with Crippen LogP contribution in [0.2, 0.25) is 0 Å². The van der Waals surface area contributed by atoms with Crippen molar-refractivity contribution >= 4 is 23.2 Å². The van der Waals surface area contributed by atoms with Crippen LogP contribution in [0.15, 0.2) is 42.5 Å². The van der Waals surface area contributed by atoms with Crippen LogP contribution in [0.5, 0.6) is 5.75 Å². The lowest BCUT2D eigenvalue weighted by molar-refractivity contribution is -0.119. The van der Waals surface area contributed by atoms with Crippen LogP contribution in [0, 0.1) is 11.6 Å². The third kappa shape index (κ3) is 6.62. The van der Waals surface area contributed by atoms with E-state index < -0.39 is 11.6 Å². The molecule has 2 N–H and O–H groups in total. The number of amides is 2. The number of nitrogens with one attached hydrogen (secondary N) is 2. The van der Waals surface area contributed by atoms with Gasteiger partial charge in [0, 0.05) is 30.4 Å². The van der Waals surface area contributed by atoms with Crippen molar-refractivity contribution in [3.63, 3.8) is 0 Å². The molecule has 2 aromatic rings. The molecule has 150 valence electrons. The molecule has 0 aliphatic carbocycles. The summed E-state index contributed by atoms with van der Waals surface area (Å²) >= 11 is 0. The van der Waals surface area contributed by atoms with Gasteiger partial charge in [-0.25, -0.2) is 8.78 Å². The fourth-order valence-electron chi connectivity index (χ4n) is 2.48. The molecule has 0 atom stereocenters. The van der Waals surface area contributed by atoms with Crippen molar-refractivity contribution in [2.45, 2.75) is 13.3 Å². The molecule has 0 unspecified atom stereocenters. The van der Waals surface area contributed by atoms with E-state index in [2.05, 4.69) is 10.6 Å². The number of ether oxygens (including phenoxy) is 1. The second kappa shape index (κ2) is 10.4. The van der Waals surface area contributed by atoms with Crippen molar-refractivity contribution in [2.75, 3.05) is 37.4 Å². The predicted octanol–water partition coefficient (Wildman–Crippen LogP) is 3.26. The van der Waals surface area contributed by atoms with Crippen LogP contribution in [0.25, 0.3) is 0 Å². The second-order valence-corrected chi connectivity index (χ2v) is 6.07. The molecule has 2 rings (SSSR count). The van der Waals surface area contributed by atoms with E-state index in [9.17, 15) is 18.4 Å². The largest absolute Gasteiger partial charge is 0.497 e. The van der Waals surface area contributed by atoms with Crippen LogP contribution in [0.1, 0.15) is 13.3 Å². The fraction of sp³-hybridized carbons (Fsp3) is 0.300. The van der Waals surface area contributed by atoms with E-state index in [-0.39, 0.29) is 30.5 Å². The van der Waals surface area contributed by atoms with E-state index >= 15 is 0 Å². The summed E-state index contributed by atoms with van der Waals surface area (Å²) < 4.78 is 31.2. The standard InChI is InChI=1S/C20H23F2N3O3/c1-3-25(13-20(27)23-14-4-7-16(28-2)8-5-14)11-10-19(26)24-15-6-9-17(21)18(22)12-15/h4-9,12H,3,10-11,13H2,1-2H3,(H,23,27)(H,24,26). The van der Waals surface area contributed by atoms with Crippen molar-refractivity contribution in [3.8, 4) is 5.75 Å². The first-order valence-electron chi connectivity index (χ1n) is 8.82. The molecule has 0 aliphatic heterocycles. The molecular formula is C20H23F2N3O3. The highest BCUT2D eigenvalue weighted by Gasteiger charge is 2.12. The Morgan fingerprint density at radius 1 is 0.964 bits per heavy atom. The van der Waals surface area contributed by atoms with Gasteiger partial charge in [0.05, 0.1) is 13.7 Å². The van der Waals surface area contributed by atoms with E-state index in [0.29, 0.717) is 24.5 Å². The zero-order chi connectivity index (χ0) is 20.5. The highest BCUT2D eigenvalue weighted by molar-refractivity contribution is 5.92. The zero-order valence-electron chi connectivity index (χ0n) is 15.8. The molecule has 0 bridgehead atoms. The summed E-state index contributed by atoms with van der Waals surface area (Å²) in [6.07, 6.45) is 0.114. The van der Waals surface area contributed by atoms with Crippen LogP contribution in [0.3, 0.4) is 0 Å². The van der Waals surface area contributed by atoms with Gasteiger partial charge in [0.15, 0.2) is 11.6 Å². The second-order valence-electron chi connectivity index (χ2n) is 6.07. The normalized spacial score (nSPS) is 10.6. The lowest BCUT2D eigenvalue weighted by Crippen LogP contribution is -2.35. The average Bonchev–Trinajstić information content (AvgIpc) is 2.68. The number of carbonyl (C=O) groups excluding carboxylic acids is 2. The van der Waals surface area contributed by atoms with E-state index in [1.807, 2.05) is 11.8 Å². The molecule has 0 saturated heterocycles. The van der Waals surface area contributed by atoms with Crippen LogP contribution in [-0.4, -0.2) is 43.5 Å². The SMILES string of the molecule is CCN(CCC(=O)Nc1ccc(F)c(F)c1)CC(=O)Nc1ccc(OC)cc1. The van der Waals surface area contributed by atoms with Gasteiger partial charge in [-0.2, -0.15) is 0 Å². The average molecular weight is 391 g/mol. The Hall–Kier alpha value is -3.00. The maximum Gasteiger partial charge on any atom is 0.238 e. The van der Waals surface area contributed by atoms with Gasteiger partial charge in [-0.05, 0) is 42.9 Å². The third-order valence-electron chi connectivity index (χ3n) is 4.05. The molecule has 0 fully saturated rings. The molecule has 2 aromatic carbocycles. The van der Waals surface area contributed by atoms with E-state index in [4.69, 9.17) is 4.74 Å². The van der Waals surface area contributed by atoms with E-state index in [1.54, 1.807) is 31.4 Å². The molecular weight excluding hydrogens is 368 g/mol. The first kappa shape index (κ1) is 21.3. The summed E-state index contributed by atoms with van der Waals surface area (Å²) in [6, 6.07) is 10.1. The van der Waals surface area contributed by atoms with Crippen molar-refractivity contribution in [1.82, 2.24) is 4.90 Å². The predicted molar refractivity (Wildman–Crippen MR) is 103 cm³/mol. The quantitative estimate of drug-likeness (QED) is 0.688. The van der Waals surface area contributed by atoms with Gasteiger partial charge in [-0.1, -0.05) is 6.92 Å². The minimum atomic E-state index is -1.02. The van der Waals surface area contributed by atoms with Crippen molar-refractivity contribution < 1.29 is 23.1 Å². The van der Waals surface area contributed by atoms with Crippen LogP contribution >= 0.6 is 0 Å². The minimum absolute atomic E-state index is 0.114. The van der Waals surface area contributed by atoms with Gasteiger partial charge in [0.25, 0.3) is 0 Å². The Balaban J connectivity index is 1.79. The summed E-state index contributed by atoms with van der Waals surface area (Å²) in [5.74, 6) is -1.85. The Labute approximate surface area is 162 Å². The number of methoxy groups -OCH3 is 1. The van der Waals surface area contributed by atoms with Crippen molar-refractivity contribution in [3.05, 3.63) is 54.1 Å². The zero-order valence-corrected chi connectivity index (χ0v) is 15.8. The summed E-state index contributed by atoms with van der Waals surface area (Å²) in [7, 11) is 1.56. The Morgan fingerprint density at radius 2 is 1.61 bits per heavy atom. The van der Waals surface area contributed by atoms with Gasteiger partial charge in [0.2, 0.25) is 11.8 Å². The van der Waals surface area contributed by atoms with Gasteiger partial charge >= 0.3 is 0 Å². The number of nitrogens with zero attached hydrogens (tertiary/aromatic N) is 1. The summed E-state index contributed by atoms with van der Waals surface area (Å²) in [5.41, 5.74) is 0.835. The monoisotopic (exact) mass is 391 g/mol. The number of benzene rings is 2. The molecule has 0 heterocycles. The number of rotatable bonds is 9. The van der Waals surface area contributed by atoms with Gasteiger partial charge in [0.1, 0.15) is 5.75 Å². The highest BCUT2D eigenvalue weighted by atomic mass is 19.2. The molecule has 0 saturated carbocycles. The van der Waals surface area contributed by atoms with Gasteiger partial charge in [-0.3, -0.25) is 14.5 Å². The van der Waals surface area contributed by atoms with Crippen LogP contribution < -0.4 is 15.4 Å². The van der Waals surface area contributed by atoms with Crippen molar-refractivity contribution in [1.29, 1.82) is 0 Å². The maximum absolute atomic E-state index is 13.2. The lowest BCUT2D eigenvalue weighted by atomic mass is 10.2. The smallest absolute Gasteiger partial charge is 0.238 e. The number of anilines is 2. The fourth-order valence-corrected chi connectivity index (χ4v) is 2.48. The molecule has 0 aromatic heterocycles.